The molecule has 0 spiro atoms. The molecular weight excluding hydrogens is 277 g/mol. The maximum Gasteiger partial charge on any atom is 0.451 e. The first-order valence-electron chi connectivity index (χ1n) is 6.57. The SMILES string of the molecule is NC(CCCCB(O)O)c1nnnn1Cc1cccs1. The second kappa shape index (κ2) is 7.48. The topological polar surface area (TPSA) is 110 Å². The zero-order valence-electron chi connectivity index (χ0n) is 11.1. The molecule has 0 aliphatic carbocycles. The molecule has 4 N–H and O–H groups in total. The van der Waals surface area contributed by atoms with Crippen molar-refractivity contribution in [2.75, 3.05) is 0 Å². The highest BCUT2D eigenvalue weighted by molar-refractivity contribution is 7.09. The largest absolute Gasteiger partial charge is 0.451 e. The molecule has 2 rings (SSSR count). The molecule has 2 aromatic rings. The van der Waals surface area contributed by atoms with E-state index in [1.165, 1.54) is 4.88 Å². The summed E-state index contributed by atoms with van der Waals surface area (Å²) in [5.74, 6) is 0.669. The Bertz CT molecular complexity index is 505. The van der Waals surface area contributed by atoms with Gasteiger partial charge in [0, 0.05) is 4.88 Å². The molecule has 0 fully saturated rings. The van der Waals surface area contributed by atoms with Gasteiger partial charge in [-0.05, 0) is 34.6 Å². The molecule has 2 heterocycles. The van der Waals surface area contributed by atoms with Crippen molar-refractivity contribution in [3.05, 3.63) is 28.2 Å². The summed E-state index contributed by atoms with van der Waals surface area (Å²) < 4.78 is 1.72. The zero-order valence-corrected chi connectivity index (χ0v) is 11.9. The monoisotopic (exact) mass is 295 g/mol. The van der Waals surface area contributed by atoms with E-state index in [0.717, 1.165) is 19.3 Å². The minimum Gasteiger partial charge on any atom is -0.427 e. The first kappa shape index (κ1) is 15.1. The minimum absolute atomic E-state index is 0.235. The van der Waals surface area contributed by atoms with E-state index in [4.69, 9.17) is 15.8 Å². The predicted octanol–water partition coefficient (Wildman–Crippen LogP) is 0.426. The number of nitrogens with two attached hydrogens (primary N) is 1. The molecule has 108 valence electrons. The number of nitrogens with zero attached hydrogens (tertiary/aromatic N) is 4. The van der Waals surface area contributed by atoms with Crippen LogP contribution in [0.5, 0.6) is 0 Å². The zero-order chi connectivity index (χ0) is 14.4. The van der Waals surface area contributed by atoms with E-state index in [0.29, 0.717) is 18.7 Å². The van der Waals surface area contributed by atoms with Crippen LogP contribution in [0.2, 0.25) is 6.32 Å². The fourth-order valence-electron chi connectivity index (χ4n) is 1.96. The molecule has 0 aliphatic heterocycles. The van der Waals surface area contributed by atoms with Crippen LogP contribution in [0.25, 0.3) is 0 Å². The molecule has 2 aromatic heterocycles. The lowest BCUT2D eigenvalue weighted by molar-refractivity contribution is 0.400. The van der Waals surface area contributed by atoms with E-state index in [1.807, 2.05) is 17.5 Å². The summed E-state index contributed by atoms with van der Waals surface area (Å²) >= 11 is 1.65. The summed E-state index contributed by atoms with van der Waals surface area (Å²) in [4.78, 5) is 1.18. The number of hydrogen-bond donors (Lipinski definition) is 3. The number of thiophene rings is 1. The van der Waals surface area contributed by atoms with E-state index in [2.05, 4.69) is 15.5 Å². The van der Waals surface area contributed by atoms with E-state index in [1.54, 1.807) is 16.0 Å². The Morgan fingerprint density at radius 1 is 1.40 bits per heavy atom. The Kier molecular flexibility index (Phi) is 5.65. The highest BCUT2D eigenvalue weighted by atomic mass is 32.1. The second-order valence-corrected chi connectivity index (χ2v) is 5.68. The highest BCUT2D eigenvalue weighted by Gasteiger charge is 2.16. The van der Waals surface area contributed by atoms with Crippen LogP contribution in [-0.2, 0) is 6.54 Å². The molecule has 0 saturated carbocycles. The van der Waals surface area contributed by atoms with Gasteiger partial charge in [-0.15, -0.1) is 16.4 Å². The third kappa shape index (κ3) is 4.38. The van der Waals surface area contributed by atoms with Gasteiger partial charge in [0.25, 0.3) is 0 Å². The van der Waals surface area contributed by atoms with Crippen LogP contribution in [0.15, 0.2) is 17.5 Å². The standard InChI is InChI=1S/C11H18BN5O2S/c13-10(5-1-2-6-12(18)19)11-14-15-16-17(11)8-9-4-3-7-20-9/h3-4,7,10,18-19H,1-2,5-6,8,13H2. The quantitative estimate of drug-likeness (QED) is 0.481. The van der Waals surface area contributed by atoms with Crippen molar-refractivity contribution in [1.82, 2.24) is 20.2 Å². The van der Waals surface area contributed by atoms with Gasteiger partial charge in [-0.2, -0.15) is 0 Å². The summed E-state index contributed by atoms with van der Waals surface area (Å²) in [6.45, 7) is 0.628. The van der Waals surface area contributed by atoms with E-state index < -0.39 is 7.12 Å². The van der Waals surface area contributed by atoms with Crippen LogP contribution in [0.1, 0.15) is 36.0 Å². The van der Waals surface area contributed by atoms with Crippen molar-refractivity contribution in [3.8, 4) is 0 Å². The molecule has 1 unspecified atom stereocenters. The Labute approximate surface area is 121 Å². The lowest BCUT2D eigenvalue weighted by Gasteiger charge is -2.11. The molecule has 0 aliphatic rings. The van der Waals surface area contributed by atoms with Gasteiger partial charge in [-0.3, -0.25) is 0 Å². The minimum atomic E-state index is -1.24. The fraction of sp³-hybridized carbons (Fsp3) is 0.545. The van der Waals surface area contributed by atoms with Gasteiger partial charge < -0.3 is 15.8 Å². The number of rotatable bonds is 8. The van der Waals surface area contributed by atoms with Crippen LogP contribution in [0.3, 0.4) is 0 Å². The van der Waals surface area contributed by atoms with Crippen molar-refractivity contribution in [1.29, 1.82) is 0 Å². The van der Waals surface area contributed by atoms with E-state index in [9.17, 15) is 0 Å². The summed E-state index contributed by atoms with van der Waals surface area (Å²) in [6.07, 6.45) is 2.62. The fourth-order valence-corrected chi connectivity index (χ4v) is 2.65. The Balaban J connectivity index is 1.87. The average molecular weight is 295 g/mol. The Hall–Kier alpha value is -1.29. The summed E-state index contributed by atoms with van der Waals surface area (Å²) in [5, 5.41) is 31.2. The smallest absolute Gasteiger partial charge is 0.427 e. The molecule has 0 saturated heterocycles. The highest BCUT2D eigenvalue weighted by Crippen LogP contribution is 2.17. The van der Waals surface area contributed by atoms with Gasteiger partial charge in [0.1, 0.15) is 0 Å². The molecular formula is C11H18BN5O2S. The maximum absolute atomic E-state index is 8.78. The third-order valence-corrected chi connectivity index (χ3v) is 3.87. The Morgan fingerprint density at radius 2 is 2.25 bits per heavy atom. The first-order valence-corrected chi connectivity index (χ1v) is 7.45. The predicted molar refractivity (Wildman–Crippen MR) is 77.0 cm³/mol. The first-order chi connectivity index (χ1) is 9.66. The average Bonchev–Trinajstić information content (AvgIpc) is 3.06. The van der Waals surface area contributed by atoms with Gasteiger partial charge in [-0.25, -0.2) is 4.68 Å². The van der Waals surface area contributed by atoms with Crippen molar-refractivity contribution in [3.63, 3.8) is 0 Å². The molecule has 1 atom stereocenters. The number of tetrazole rings is 1. The van der Waals surface area contributed by atoms with Crippen LogP contribution >= 0.6 is 11.3 Å². The number of aromatic nitrogens is 4. The van der Waals surface area contributed by atoms with Crippen molar-refractivity contribution < 1.29 is 10.0 Å². The van der Waals surface area contributed by atoms with Crippen LogP contribution in [0.4, 0.5) is 0 Å². The molecule has 7 nitrogen and oxygen atoms in total. The molecule has 20 heavy (non-hydrogen) atoms. The summed E-state index contributed by atoms with van der Waals surface area (Å²) in [6, 6.07) is 3.79. The maximum atomic E-state index is 8.78. The number of hydrogen-bond acceptors (Lipinski definition) is 7. The molecule has 0 radical (unpaired) electrons. The molecule has 9 heteroatoms. The normalized spacial score (nSPS) is 12.6. The summed E-state index contributed by atoms with van der Waals surface area (Å²) in [7, 11) is -1.24. The van der Waals surface area contributed by atoms with Crippen LogP contribution in [-0.4, -0.2) is 37.4 Å². The van der Waals surface area contributed by atoms with Gasteiger partial charge in [-0.1, -0.05) is 18.9 Å². The Morgan fingerprint density at radius 3 is 2.95 bits per heavy atom. The van der Waals surface area contributed by atoms with Gasteiger partial charge >= 0.3 is 7.12 Å². The molecule has 0 aromatic carbocycles. The lowest BCUT2D eigenvalue weighted by Crippen LogP contribution is -2.18. The van der Waals surface area contributed by atoms with Crippen molar-refractivity contribution >= 4 is 18.5 Å². The van der Waals surface area contributed by atoms with Gasteiger partial charge in [0.05, 0.1) is 12.6 Å². The molecule has 0 bridgehead atoms. The van der Waals surface area contributed by atoms with Gasteiger partial charge in [0.15, 0.2) is 5.82 Å². The number of unbranched alkanes of at least 4 members (excludes halogenated alkanes) is 1. The lowest BCUT2D eigenvalue weighted by atomic mass is 9.83. The summed E-state index contributed by atoms with van der Waals surface area (Å²) in [5.41, 5.74) is 6.10. The van der Waals surface area contributed by atoms with E-state index in [-0.39, 0.29) is 6.04 Å². The van der Waals surface area contributed by atoms with E-state index >= 15 is 0 Å². The van der Waals surface area contributed by atoms with Crippen molar-refractivity contribution in [2.24, 2.45) is 5.73 Å². The van der Waals surface area contributed by atoms with Gasteiger partial charge in [0.2, 0.25) is 0 Å². The van der Waals surface area contributed by atoms with Crippen molar-refractivity contribution in [2.45, 2.75) is 38.2 Å². The third-order valence-electron chi connectivity index (χ3n) is 3.00. The van der Waals surface area contributed by atoms with Crippen LogP contribution < -0.4 is 5.73 Å². The van der Waals surface area contributed by atoms with Crippen LogP contribution in [0, 0.1) is 0 Å². The molecule has 0 amide bonds. The second-order valence-electron chi connectivity index (χ2n) is 4.65.